The number of nitrogens with one attached hydrogen (secondary N) is 1. The Kier molecular flexibility index (Phi) is 4.22. The molecule has 3 nitrogen and oxygen atoms in total. The summed E-state index contributed by atoms with van der Waals surface area (Å²) in [5.74, 6) is 0.742. The molecule has 0 bridgehead atoms. The molecule has 0 radical (unpaired) electrons. The Balaban J connectivity index is 1.98. The third-order valence-corrected chi connectivity index (χ3v) is 4.02. The van der Waals surface area contributed by atoms with E-state index in [0.29, 0.717) is 12.1 Å². The molecule has 1 N–H and O–H groups in total. The van der Waals surface area contributed by atoms with Crippen molar-refractivity contribution < 1.29 is 4.74 Å². The summed E-state index contributed by atoms with van der Waals surface area (Å²) in [4.78, 5) is 2.74. The standard InChI is InChI=1S/C13H26N2O/c1-10(2)13-9-14-5-6-15(13)12-4-7-16-11(3)8-12/h10-14H,4-9H2,1-3H3. The maximum absolute atomic E-state index is 5.65. The third-order valence-electron chi connectivity index (χ3n) is 4.02. The monoisotopic (exact) mass is 226 g/mol. The Hall–Kier alpha value is -0.120. The molecular weight excluding hydrogens is 200 g/mol. The van der Waals surface area contributed by atoms with Crippen LogP contribution in [-0.2, 0) is 4.74 Å². The number of hydrogen-bond donors (Lipinski definition) is 1. The van der Waals surface area contributed by atoms with Gasteiger partial charge in [0, 0.05) is 38.3 Å². The Morgan fingerprint density at radius 3 is 2.88 bits per heavy atom. The molecule has 0 aromatic rings. The second-order valence-electron chi connectivity index (χ2n) is 5.61. The first-order valence-electron chi connectivity index (χ1n) is 6.76. The molecule has 2 fully saturated rings. The zero-order chi connectivity index (χ0) is 11.5. The summed E-state index contributed by atoms with van der Waals surface area (Å²) in [6.07, 6.45) is 2.87. The van der Waals surface area contributed by atoms with Crippen LogP contribution in [-0.4, -0.2) is 49.3 Å². The number of nitrogens with zero attached hydrogens (tertiary/aromatic N) is 1. The van der Waals surface area contributed by atoms with Crippen molar-refractivity contribution in [3.63, 3.8) is 0 Å². The average molecular weight is 226 g/mol. The molecule has 3 heteroatoms. The molecule has 16 heavy (non-hydrogen) atoms. The molecule has 0 amide bonds. The Morgan fingerprint density at radius 2 is 2.19 bits per heavy atom. The highest BCUT2D eigenvalue weighted by Crippen LogP contribution is 2.24. The Bertz CT molecular complexity index is 220. The first-order chi connectivity index (χ1) is 7.68. The zero-order valence-corrected chi connectivity index (χ0v) is 10.9. The van der Waals surface area contributed by atoms with E-state index in [0.717, 1.165) is 31.7 Å². The largest absolute Gasteiger partial charge is 0.378 e. The van der Waals surface area contributed by atoms with Crippen LogP contribution in [0.15, 0.2) is 0 Å². The highest BCUT2D eigenvalue weighted by Gasteiger charge is 2.32. The van der Waals surface area contributed by atoms with Crippen LogP contribution in [0.5, 0.6) is 0 Å². The molecule has 94 valence electrons. The normalized spacial score (nSPS) is 37.9. The van der Waals surface area contributed by atoms with Gasteiger partial charge in [0.1, 0.15) is 0 Å². The molecule has 2 rings (SSSR count). The minimum atomic E-state index is 0.446. The SMILES string of the molecule is CC1CC(N2CCNCC2C(C)C)CCO1. The number of hydrogen-bond acceptors (Lipinski definition) is 3. The first-order valence-corrected chi connectivity index (χ1v) is 6.76. The van der Waals surface area contributed by atoms with E-state index in [9.17, 15) is 0 Å². The van der Waals surface area contributed by atoms with Gasteiger partial charge in [0.2, 0.25) is 0 Å². The Morgan fingerprint density at radius 1 is 1.38 bits per heavy atom. The molecule has 2 aliphatic rings. The summed E-state index contributed by atoms with van der Waals surface area (Å²) in [5, 5.41) is 3.52. The van der Waals surface area contributed by atoms with Crippen LogP contribution in [0.25, 0.3) is 0 Å². The van der Waals surface area contributed by atoms with E-state index in [1.807, 2.05) is 0 Å². The zero-order valence-electron chi connectivity index (χ0n) is 10.9. The quantitative estimate of drug-likeness (QED) is 0.772. The van der Waals surface area contributed by atoms with Gasteiger partial charge in [-0.25, -0.2) is 0 Å². The van der Waals surface area contributed by atoms with Gasteiger partial charge in [-0.05, 0) is 25.7 Å². The van der Waals surface area contributed by atoms with Crippen LogP contribution in [0.4, 0.5) is 0 Å². The van der Waals surface area contributed by atoms with Crippen molar-refractivity contribution in [2.45, 2.75) is 51.8 Å². The lowest BCUT2D eigenvalue weighted by Crippen LogP contribution is -2.58. The molecule has 2 saturated heterocycles. The third kappa shape index (κ3) is 2.76. The second kappa shape index (κ2) is 5.48. The van der Waals surface area contributed by atoms with Crippen molar-refractivity contribution in [3.05, 3.63) is 0 Å². The lowest BCUT2D eigenvalue weighted by Gasteiger charge is -2.45. The van der Waals surface area contributed by atoms with Gasteiger partial charge in [0.25, 0.3) is 0 Å². The van der Waals surface area contributed by atoms with Gasteiger partial charge in [-0.15, -0.1) is 0 Å². The molecule has 0 aromatic carbocycles. The fourth-order valence-corrected chi connectivity index (χ4v) is 3.09. The summed E-state index contributed by atoms with van der Waals surface area (Å²) >= 11 is 0. The average Bonchev–Trinajstić information content (AvgIpc) is 2.29. The van der Waals surface area contributed by atoms with E-state index in [4.69, 9.17) is 4.74 Å². The minimum Gasteiger partial charge on any atom is -0.378 e. The molecule has 0 saturated carbocycles. The van der Waals surface area contributed by atoms with Gasteiger partial charge < -0.3 is 10.1 Å². The van der Waals surface area contributed by atoms with Gasteiger partial charge in [-0.1, -0.05) is 13.8 Å². The van der Waals surface area contributed by atoms with Crippen LogP contribution in [0.3, 0.4) is 0 Å². The van der Waals surface area contributed by atoms with Crippen LogP contribution in [0.2, 0.25) is 0 Å². The van der Waals surface area contributed by atoms with Gasteiger partial charge in [-0.3, -0.25) is 4.90 Å². The van der Waals surface area contributed by atoms with Crippen LogP contribution < -0.4 is 5.32 Å². The van der Waals surface area contributed by atoms with Gasteiger partial charge in [0.15, 0.2) is 0 Å². The van der Waals surface area contributed by atoms with E-state index in [1.54, 1.807) is 0 Å². The second-order valence-corrected chi connectivity index (χ2v) is 5.61. The van der Waals surface area contributed by atoms with Crippen molar-refractivity contribution in [1.82, 2.24) is 10.2 Å². The molecule has 3 unspecified atom stereocenters. The molecule has 2 aliphatic heterocycles. The summed E-state index contributed by atoms with van der Waals surface area (Å²) in [6.45, 7) is 11.3. The summed E-state index contributed by atoms with van der Waals surface area (Å²) < 4.78 is 5.65. The lowest BCUT2D eigenvalue weighted by atomic mass is 9.94. The molecule has 0 aromatic heterocycles. The number of piperazine rings is 1. The minimum absolute atomic E-state index is 0.446. The predicted octanol–water partition coefficient (Wildman–Crippen LogP) is 1.48. The van der Waals surface area contributed by atoms with Crippen LogP contribution in [0, 0.1) is 5.92 Å². The van der Waals surface area contributed by atoms with Crippen molar-refractivity contribution in [2.75, 3.05) is 26.2 Å². The Labute approximate surface area is 99.5 Å². The molecule has 3 atom stereocenters. The van der Waals surface area contributed by atoms with Gasteiger partial charge in [-0.2, -0.15) is 0 Å². The van der Waals surface area contributed by atoms with Crippen molar-refractivity contribution in [1.29, 1.82) is 0 Å². The van der Waals surface area contributed by atoms with E-state index in [2.05, 4.69) is 31.0 Å². The topological polar surface area (TPSA) is 24.5 Å². The lowest BCUT2D eigenvalue weighted by molar-refractivity contribution is -0.0387. The highest BCUT2D eigenvalue weighted by molar-refractivity contribution is 4.88. The van der Waals surface area contributed by atoms with E-state index >= 15 is 0 Å². The number of ether oxygens (including phenoxy) is 1. The molecule has 2 heterocycles. The molecular formula is C13H26N2O. The van der Waals surface area contributed by atoms with Gasteiger partial charge in [0.05, 0.1) is 6.10 Å². The first kappa shape index (κ1) is 12.3. The fourth-order valence-electron chi connectivity index (χ4n) is 3.09. The fraction of sp³-hybridized carbons (Fsp3) is 1.00. The van der Waals surface area contributed by atoms with E-state index in [1.165, 1.54) is 19.4 Å². The molecule has 0 spiro atoms. The summed E-state index contributed by atoms with van der Waals surface area (Å²) in [7, 11) is 0. The van der Waals surface area contributed by atoms with Crippen molar-refractivity contribution >= 4 is 0 Å². The smallest absolute Gasteiger partial charge is 0.0561 e. The van der Waals surface area contributed by atoms with Crippen molar-refractivity contribution in [2.24, 2.45) is 5.92 Å². The molecule has 0 aliphatic carbocycles. The van der Waals surface area contributed by atoms with Crippen LogP contribution in [0.1, 0.15) is 33.6 Å². The maximum atomic E-state index is 5.65. The van der Waals surface area contributed by atoms with Crippen molar-refractivity contribution in [3.8, 4) is 0 Å². The van der Waals surface area contributed by atoms with Crippen LogP contribution >= 0.6 is 0 Å². The van der Waals surface area contributed by atoms with E-state index < -0.39 is 0 Å². The number of rotatable bonds is 2. The maximum Gasteiger partial charge on any atom is 0.0561 e. The summed E-state index contributed by atoms with van der Waals surface area (Å²) in [6, 6.07) is 1.46. The van der Waals surface area contributed by atoms with Gasteiger partial charge >= 0.3 is 0 Å². The van der Waals surface area contributed by atoms with E-state index in [-0.39, 0.29) is 0 Å². The highest BCUT2D eigenvalue weighted by atomic mass is 16.5. The predicted molar refractivity (Wildman–Crippen MR) is 66.6 cm³/mol. The summed E-state index contributed by atoms with van der Waals surface area (Å²) in [5.41, 5.74) is 0.